The van der Waals surface area contributed by atoms with Crippen LogP contribution in [-0.2, 0) is 15.9 Å². The van der Waals surface area contributed by atoms with Crippen molar-refractivity contribution in [2.75, 3.05) is 25.1 Å². The van der Waals surface area contributed by atoms with Gasteiger partial charge in [-0.2, -0.15) is 5.10 Å². The van der Waals surface area contributed by atoms with Gasteiger partial charge in [0.05, 0.1) is 18.9 Å². The Balaban J connectivity index is 1.43. The van der Waals surface area contributed by atoms with E-state index in [4.69, 9.17) is 9.47 Å². The van der Waals surface area contributed by atoms with Crippen LogP contribution in [0.25, 0.3) is 5.69 Å². The molecule has 1 unspecified atom stereocenters. The number of aromatic nitrogens is 2. The molecule has 1 atom stereocenters. The number of nitrogens with zero attached hydrogens (tertiary/aromatic N) is 2. The summed E-state index contributed by atoms with van der Waals surface area (Å²) in [6.45, 7) is 1.63. The van der Waals surface area contributed by atoms with Crippen LogP contribution >= 0.6 is 0 Å². The Morgan fingerprint density at radius 2 is 2.00 bits per heavy atom. The molecule has 1 fully saturated rings. The Labute approximate surface area is 189 Å². The number of hydrogen-bond donors (Lipinski definition) is 1. The van der Waals surface area contributed by atoms with Gasteiger partial charge >= 0.3 is 6.09 Å². The van der Waals surface area contributed by atoms with E-state index in [-0.39, 0.29) is 29.1 Å². The minimum Gasteiger partial charge on any atom is -0.449 e. The second-order valence-electron chi connectivity index (χ2n) is 7.88. The van der Waals surface area contributed by atoms with E-state index < -0.39 is 17.7 Å². The van der Waals surface area contributed by atoms with Crippen LogP contribution in [0.2, 0.25) is 0 Å². The molecule has 1 aliphatic heterocycles. The number of rotatable bonds is 6. The zero-order chi connectivity index (χ0) is 23.2. The molecule has 33 heavy (non-hydrogen) atoms. The van der Waals surface area contributed by atoms with Crippen molar-refractivity contribution in [3.63, 3.8) is 0 Å². The summed E-state index contributed by atoms with van der Waals surface area (Å²) >= 11 is 0. The summed E-state index contributed by atoms with van der Waals surface area (Å²) in [5.41, 5.74) is 1.28. The lowest BCUT2D eigenvalue weighted by Gasteiger charge is -2.21. The summed E-state index contributed by atoms with van der Waals surface area (Å²) in [7, 11) is 0. The van der Waals surface area contributed by atoms with Gasteiger partial charge in [0.1, 0.15) is 17.3 Å². The van der Waals surface area contributed by atoms with Gasteiger partial charge in [0.25, 0.3) is 0 Å². The van der Waals surface area contributed by atoms with E-state index in [9.17, 15) is 18.4 Å². The monoisotopic (exact) mass is 455 g/mol. The lowest BCUT2D eigenvalue weighted by atomic mass is 10.0. The third-order valence-corrected chi connectivity index (χ3v) is 5.24. The number of ether oxygens (including phenoxy) is 2. The number of hydrogen-bond acceptors (Lipinski definition) is 5. The fraction of sp³-hybridized carbons (Fsp3) is 0.292. The van der Waals surface area contributed by atoms with Crippen molar-refractivity contribution in [3.8, 4) is 5.69 Å². The second-order valence-corrected chi connectivity index (χ2v) is 7.88. The van der Waals surface area contributed by atoms with Gasteiger partial charge in [-0.25, -0.2) is 18.3 Å². The summed E-state index contributed by atoms with van der Waals surface area (Å²) in [5, 5.41) is 6.92. The van der Waals surface area contributed by atoms with Crippen LogP contribution in [0.15, 0.2) is 59.5 Å². The molecule has 7 nitrogen and oxygen atoms in total. The second kappa shape index (κ2) is 10.4. The molecule has 1 N–H and O–H groups in total. The molecule has 3 aromatic rings. The van der Waals surface area contributed by atoms with Crippen molar-refractivity contribution in [1.29, 1.82) is 0 Å². The molecule has 0 bridgehead atoms. The van der Waals surface area contributed by atoms with E-state index in [0.717, 1.165) is 43.2 Å². The topological polar surface area (TPSA) is 82.5 Å². The third kappa shape index (κ3) is 6.23. The van der Waals surface area contributed by atoms with Crippen molar-refractivity contribution < 1.29 is 23.0 Å². The summed E-state index contributed by atoms with van der Waals surface area (Å²) < 4.78 is 39.0. The number of carbonyl (C=O) groups excluding carboxylic acids is 1. The molecule has 0 aliphatic carbocycles. The zero-order valence-electron chi connectivity index (χ0n) is 17.8. The minimum absolute atomic E-state index is 0.162. The fourth-order valence-electron chi connectivity index (χ4n) is 3.62. The van der Waals surface area contributed by atoms with Crippen LogP contribution in [-0.4, -0.2) is 35.7 Å². The van der Waals surface area contributed by atoms with Gasteiger partial charge in [-0.15, -0.1) is 0 Å². The first-order valence-electron chi connectivity index (χ1n) is 10.6. The maximum Gasteiger partial charge on any atom is 0.411 e. The molecule has 0 spiro atoms. The predicted molar refractivity (Wildman–Crippen MR) is 118 cm³/mol. The normalized spacial score (nSPS) is 15.8. The Morgan fingerprint density at radius 1 is 1.18 bits per heavy atom. The number of carbonyl (C=O) groups is 1. The van der Waals surface area contributed by atoms with E-state index in [0.29, 0.717) is 18.9 Å². The highest BCUT2D eigenvalue weighted by atomic mass is 19.1. The molecule has 9 heteroatoms. The first kappa shape index (κ1) is 22.6. The van der Waals surface area contributed by atoms with E-state index >= 15 is 0 Å². The van der Waals surface area contributed by atoms with E-state index in [1.54, 1.807) is 24.3 Å². The van der Waals surface area contributed by atoms with Gasteiger partial charge in [-0.05, 0) is 42.7 Å². The fourth-order valence-corrected chi connectivity index (χ4v) is 3.62. The minimum atomic E-state index is -0.742. The highest BCUT2D eigenvalue weighted by Crippen LogP contribution is 2.16. The summed E-state index contributed by atoms with van der Waals surface area (Å²) in [5.74, 6) is -1.28. The SMILES string of the molecule is O=C(Nc1cccc(Cc2nn(-c3cc(F)cc(F)c3)ccc2=O)c1)OCC1CCCOC1. The average molecular weight is 455 g/mol. The smallest absolute Gasteiger partial charge is 0.411 e. The number of halogens is 2. The third-order valence-electron chi connectivity index (χ3n) is 5.24. The van der Waals surface area contributed by atoms with Crippen LogP contribution in [0.4, 0.5) is 19.3 Å². The van der Waals surface area contributed by atoms with Crippen LogP contribution in [0.5, 0.6) is 0 Å². The van der Waals surface area contributed by atoms with Gasteiger partial charge < -0.3 is 9.47 Å². The van der Waals surface area contributed by atoms with Gasteiger partial charge in [-0.1, -0.05) is 12.1 Å². The molecule has 1 saturated heterocycles. The molecule has 172 valence electrons. The van der Waals surface area contributed by atoms with Gasteiger partial charge in [-0.3, -0.25) is 10.1 Å². The van der Waals surface area contributed by atoms with E-state index in [2.05, 4.69) is 10.4 Å². The number of amides is 1. The Morgan fingerprint density at radius 3 is 2.76 bits per heavy atom. The number of anilines is 1. The highest BCUT2D eigenvalue weighted by Gasteiger charge is 2.16. The Hall–Kier alpha value is -3.59. The van der Waals surface area contributed by atoms with Gasteiger partial charge in [0.15, 0.2) is 0 Å². The molecule has 2 heterocycles. The van der Waals surface area contributed by atoms with Crippen molar-refractivity contribution in [2.24, 2.45) is 5.92 Å². The largest absolute Gasteiger partial charge is 0.449 e. The maximum atomic E-state index is 13.6. The van der Waals surface area contributed by atoms with Crippen molar-refractivity contribution in [2.45, 2.75) is 19.3 Å². The van der Waals surface area contributed by atoms with Crippen molar-refractivity contribution in [3.05, 3.63) is 87.8 Å². The number of benzene rings is 2. The quantitative estimate of drug-likeness (QED) is 0.606. The molecule has 0 radical (unpaired) electrons. The van der Waals surface area contributed by atoms with E-state index in [1.165, 1.54) is 16.9 Å². The standard InChI is InChI=1S/C24H23F2N3O4/c25-18-11-19(26)13-21(12-18)29-7-6-23(30)22(28-29)10-16-3-1-5-20(9-16)27-24(31)33-15-17-4-2-8-32-14-17/h1,3,5-7,9,11-13,17H,2,4,8,10,14-15H2,(H,27,31). The highest BCUT2D eigenvalue weighted by molar-refractivity contribution is 5.84. The van der Waals surface area contributed by atoms with Crippen molar-refractivity contribution >= 4 is 11.8 Å². The lowest BCUT2D eigenvalue weighted by Crippen LogP contribution is -2.25. The molecule has 2 aromatic carbocycles. The van der Waals surface area contributed by atoms with Crippen LogP contribution in [0.1, 0.15) is 24.1 Å². The summed E-state index contributed by atoms with van der Waals surface area (Å²) in [6, 6.07) is 11.3. The molecule has 1 aliphatic rings. The first-order valence-corrected chi connectivity index (χ1v) is 10.6. The summed E-state index contributed by atoms with van der Waals surface area (Å²) in [6.07, 6.45) is 2.88. The van der Waals surface area contributed by atoms with Crippen molar-refractivity contribution in [1.82, 2.24) is 9.78 Å². The molecule has 4 rings (SSSR count). The maximum absolute atomic E-state index is 13.6. The first-order chi connectivity index (χ1) is 16.0. The summed E-state index contributed by atoms with van der Waals surface area (Å²) in [4.78, 5) is 24.4. The molecule has 0 saturated carbocycles. The van der Waals surface area contributed by atoms with Crippen LogP contribution < -0.4 is 10.7 Å². The van der Waals surface area contributed by atoms with Crippen LogP contribution in [0.3, 0.4) is 0 Å². The molecular formula is C24H23F2N3O4. The lowest BCUT2D eigenvalue weighted by molar-refractivity contribution is 0.0260. The van der Waals surface area contributed by atoms with E-state index in [1.807, 2.05) is 0 Å². The average Bonchev–Trinajstić information content (AvgIpc) is 2.79. The van der Waals surface area contributed by atoms with Gasteiger partial charge in [0.2, 0.25) is 5.43 Å². The Bertz CT molecular complexity index is 1170. The zero-order valence-corrected chi connectivity index (χ0v) is 17.8. The van der Waals surface area contributed by atoms with Gasteiger partial charge in [0, 0.05) is 43.0 Å². The molecule has 1 amide bonds. The Kier molecular flexibility index (Phi) is 7.09. The molecular weight excluding hydrogens is 432 g/mol. The predicted octanol–water partition coefficient (Wildman–Crippen LogP) is 4.08. The van der Waals surface area contributed by atoms with Crippen LogP contribution in [0, 0.1) is 17.6 Å². The number of nitrogens with one attached hydrogen (secondary N) is 1. The molecule has 1 aromatic heterocycles.